The van der Waals surface area contributed by atoms with Crippen LogP contribution in [0.3, 0.4) is 0 Å². The van der Waals surface area contributed by atoms with Crippen LogP contribution >= 0.6 is 0 Å². The maximum atomic E-state index is 14.4. The molecule has 0 aromatic heterocycles. The lowest BCUT2D eigenvalue weighted by atomic mass is 9.71. The number of unbranched alkanes of at least 4 members (excludes halogenated alkanes) is 9. The van der Waals surface area contributed by atoms with E-state index in [1.54, 1.807) is 4.90 Å². The molecule has 2 N–H and O–H groups in total. The normalized spacial score (nSPS) is 22.1. The fraction of sp³-hybridized carbons (Fsp3) is 0.923. The SMILES string of the molecule is CC(C)(C)NC(CCCCCCCCOC(=O)N1CC[C@@](NC(C)(C)C)(C(=O)C(C)(C)C)C1)(CCCCCCC[C@@]1(C(=O)C(C)(C)C)CCCN1C(C)(C)C)C(=O)C(C)(C)C. The molecule has 0 aliphatic carbocycles. The van der Waals surface area contributed by atoms with Gasteiger partial charge in [0.25, 0.3) is 0 Å². The highest BCUT2D eigenvalue weighted by molar-refractivity contribution is 5.94. The molecule has 0 spiro atoms. The van der Waals surface area contributed by atoms with Crippen LogP contribution in [-0.4, -0.2) is 92.7 Å². The van der Waals surface area contributed by atoms with E-state index in [0.29, 0.717) is 37.7 Å². The summed E-state index contributed by atoms with van der Waals surface area (Å²) < 4.78 is 5.71. The number of Topliss-reactive ketones (excluding diaryl/α,β-unsaturated/α-hetero) is 3. The molecule has 1 amide bonds. The maximum absolute atomic E-state index is 14.4. The van der Waals surface area contributed by atoms with E-state index in [1.807, 2.05) is 20.8 Å². The summed E-state index contributed by atoms with van der Waals surface area (Å²) in [6.45, 7) is 40.0. The second-order valence-electron chi connectivity index (χ2n) is 25.5. The summed E-state index contributed by atoms with van der Waals surface area (Å²) in [5.74, 6) is 0.852. The van der Waals surface area contributed by atoms with Crippen LogP contribution in [0.25, 0.3) is 0 Å². The third kappa shape index (κ3) is 16.6. The summed E-state index contributed by atoms with van der Waals surface area (Å²) in [4.78, 5) is 59.2. The lowest BCUT2D eigenvalue weighted by molar-refractivity contribution is -0.141. The molecule has 61 heavy (non-hydrogen) atoms. The first-order valence-corrected chi connectivity index (χ1v) is 24.6. The highest BCUT2D eigenvalue weighted by Crippen LogP contribution is 2.44. The van der Waals surface area contributed by atoms with Crippen molar-refractivity contribution in [2.45, 2.75) is 267 Å². The summed E-state index contributed by atoms with van der Waals surface area (Å²) in [7, 11) is 0. The summed E-state index contributed by atoms with van der Waals surface area (Å²) >= 11 is 0. The lowest BCUT2D eigenvalue weighted by Crippen LogP contribution is -2.63. The Bertz CT molecular complexity index is 1430. The van der Waals surface area contributed by atoms with Crippen molar-refractivity contribution in [2.24, 2.45) is 16.2 Å². The topological polar surface area (TPSA) is 108 Å². The van der Waals surface area contributed by atoms with E-state index in [1.165, 1.54) is 0 Å². The maximum Gasteiger partial charge on any atom is 0.409 e. The molecule has 0 bridgehead atoms. The minimum Gasteiger partial charge on any atom is -0.449 e. The van der Waals surface area contributed by atoms with Gasteiger partial charge in [-0.15, -0.1) is 0 Å². The molecule has 9 nitrogen and oxygen atoms in total. The smallest absolute Gasteiger partial charge is 0.409 e. The molecule has 2 aliphatic heterocycles. The third-order valence-corrected chi connectivity index (χ3v) is 12.8. The van der Waals surface area contributed by atoms with E-state index in [4.69, 9.17) is 4.74 Å². The van der Waals surface area contributed by atoms with Crippen molar-refractivity contribution in [1.82, 2.24) is 20.4 Å². The average molecular weight is 859 g/mol. The van der Waals surface area contributed by atoms with Crippen LogP contribution < -0.4 is 10.6 Å². The number of carbonyl (C=O) groups is 4. The van der Waals surface area contributed by atoms with Crippen molar-refractivity contribution in [3.05, 3.63) is 0 Å². The Balaban J connectivity index is 1.91. The van der Waals surface area contributed by atoms with Gasteiger partial charge in [-0.05, 0) is 114 Å². The predicted octanol–water partition coefficient (Wildman–Crippen LogP) is 12.0. The van der Waals surface area contributed by atoms with Gasteiger partial charge in [0, 0.05) is 46.0 Å². The fourth-order valence-corrected chi connectivity index (χ4v) is 10.7. The van der Waals surface area contributed by atoms with Crippen molar-refractivity contribution < 1.29 is 23.9 Å². The van der Waals surface area contributed by atoms with E-state index in [2.05, 4.69) is 119 Å². The Hall–Kier alpha value is -1.84. The molecule has 356 valence electrons. The lowest BCUT2D eigenvalue weighted by Gasteiger charge is -2.48. The highest BCUT2D eigenvalue weighted by Gasteiger charge is 2.54. The van der Waals surface area contributed by atoms with Gasteiger partial charge in [0.05, 0.1) is 23.2 Å². The van der Waals surface area contributed by atoms with Crippen LogP contribution in [0.2, 0.25) is 0 Å². The first kappa shape index (κ1) is 55.3. The standard InChI is InChI=1S/C52H98N4O5/c1-44(2,3)40(57)50(53-47(10,11)12,32-27-23-21-24-28-33-52(42(59)46(7,8)9)34-30-36-56(52)49(16,17)18)31-26-22-19-20-25-29-38-61-43(60)55-37-35-51(39-55,54-48(13,14)15)41(58)45(4,5)6/h53-54H,19-39H2,1-18H3/t50?,51-,52-/m0/s1. The summed E-state index contributed by atoms with van der Waals surface area (Å²) in [5.41, 5.74) is -3.54. The predicted molar refractivity (Wildman–Crippen MR) is 255 cm³/mol. The monoisotopic (exact) mass is 859 g/mol. The second-order valence-corrected chi connectivity index (χ2v) is 25.5. The molecule has 2 rings (SSSR count). The number of nitrogens with zero attached hydrogens (tertiary/aromatic N) is 2. The summed E-state index contributed by atoms with van der Waals surface area (Å²) in [6.07, 6.45) is 16.2. The minimum atomic E-state index is -0.768. The molecule has 1 unspecified atom stereocenters. The van der Waals surface area contributed by atoms with Crippen LogP contribution in [-0.2, 0) is 19.1 Å². The van der Waals surface area contributed by atoms with E-state index in [9.17, 15) is 19.2 Å². The molecule has 2 fully saturated rings. The Morgan fingerprint density at radius 1 is 0.557 bits per heavy atom. The van der Waals surface area contributed by atoms with Gasteiger partial charge < -0.3 is 15.0 Å². The number of rotatable bonds is 22. The molecular weight excluding hydrogens is 761 g/mol. The average Bonchev–Trinajstić information content (AvgIpc) is 3.72. The second kappa shape index (κ2) is 21.4. The van der Waals surface area contributed by atoms with Gasteiger partial charge in [-0.25, -0.2) is 4.79 Å². The molecule has 2 aliphatic rings. The number of hydrogen-bond donors (Lipinski definition) is 2. The molecule has 0 radical (unpaired) electrons. The van der Waals surface area contributed by atoms with E-state index in [0.717, 1.165) is 109 Å². The van der Waals surface area contributed by atoms with Crippen molar-refractivity contribution in [3.8, 4) is 0 Å². The number of nitrogens with one attached hydrogen (secondary N) is 2. The van der Waals surface area contributed by atoms with Crippen molar-refractivity contribution in [2.75, 3.05) is 26.2 Å². The Morgan fingerprint density at radius 2 is 1.05 bits per heavy atom. The van der Waals surface area contributed by atoms with Crippen molar-refractivity contribution >= 4 is 23.4 Å². The Morgan fingerprint density at radius 3 is 1.51 bits per heavy atom. The van der Waals surface area contributed by atoms with Crippen LogP contribution in [0.1, 0.15) is 234 Å². The molecule has 0 saturated carbocycles. The zero-order valence-electron chi connectivity index (χ0n) is 43.3. The first-order valence-electron chi connectivity index (χ1n) is 24.6. The Kier molecular flexibility index (Phi) is 19.4. The largest absolute Gasteiger partial charge is 0.449 e. The van der Waals surface area contributed by atoms with Crippen LogP contribution in [0.15, 0.2) is 0 Å². The number of ether oxygens (including phenoxy) is 1. The van der Waals surface area contributed by atoms with Gasteiger partial charge in [-0.3, -0.25) is 24.6 Å². The van der Waals surface area contributed by atoms with Gasteiger partial charge in [-0.2, -0.15) is 0 Å². The first-order chi connectivity index (χ1) is 27.6. The zero-order chi connectivity index (χ0) is 46.9. The fourth-order valence-electron chi connectivity index (χ4n) is 10.7. The minimum absolute atomic E-state index is 0.0409. The molecule has 2 heterocycles. The molecule has 9 heteroatoms. The van der Waals surface area contributed by atoms with Crippen molar-refractivity contribution in [1.29, 1.82) is 0 Å². The van der Waals surface area contributed by atoms with Gasteiger partial charge in [0.15, 0.2) is 17.3 Å². The number of carbonyl (C=O) groups excluding carboxylic acids is 4. The third-order valence-electron chi connectivity index (χ3n) is 12.8. The van der Waals surface area contributed by atoms with Crippen LogP contribution in [0.4, 0.5) is 4.79 Å². The van der Waals surface area contributed by atoms with Crippen molar-refractivity contribution in [3.63, 3.8) is 0 Å². The van der Waals surface area contributed by atoms with E-state index < -0.39 is 21.9 Å². The molecule has 2 saturated heterocycles. The quantitative estimate of drug-likeness (QED) is 0.104. The number of hydrogen-bond acceptors (Lipinski definition) is 8. The molecule has 0 aromatic rings. The van der Waals surface area contributed by atoms with Crippen LogP contribution in [0.5, 0.6) is 0 Å². The highest BCUT2D eigenvalue weighted by atomic mass is 16.6. The number of amides is 1. The number of ketones is 3. The van der Waals surface area contributed by atoms with Gasteiger partial charge in [0.2, 0.25) is 0 Å². The summed E-state index contributed by atoms with van der Waals surface area (Å²) in [5, 5.41) is 7.44. The Labute approximate surface area is 376 Å². The van der Waals surface area contributed by atoms with E-state index in [-0.39, 0.29) is 39.4 Å². The van der Waals surface area contributed by atoms with E-state index >= 15 is 0 Å². The van der Waals surface area contributed by atoms with Gasteiger partial charge in [0.1, 0.15) is 0 Å². The van der Waals surface area contributed by atoms with Crippen LogP contribution in [0, 0.1) is 16.2 Å². The molecular formula is C52H98N4O5. The van der Waals surface area contributed by atoms with Gasteiger partial charge in [-0.1, -0.05) is 127 Å². The molecule has 3 atom stereocenters. The number of likely N-dealkylation sites (tertiary alicyclic amines) is 2. The zero-order valence-corrected chi connectivity index (χ0v) is 43.3. The van der Waals surface area contributed by atoms with Gasteiger partial charge >= 0.3 is 6.09 Å². The molecule has 0 aromatic carbocycles. The summed E-state index contributed by atoms with van der Waals surface area (Å²) in [6, 6.07) is 0.